The molecule has 0 aromatic heterocycles. The van der Waals surface area contributed by atoms with Gasteiger partial charge < -0.3 is 0 Å². The highest BCUT2D eigenvalue weighted by Gasteiger charge is 2.82. The third kappa shape index (κ3) is 4.02. The molecule has 2 rings (SSSR count). The first-order chi connectivity index (χ1) is 14.3. The van der Waals surface area contributed by atoms with Crippen molar-refractivity contribution in [2.45, 2.75) is 30.1 Å². The van der Waals surface area contributed by atoms with Crippen molar-refractivity contribution in [3.63, 3.8) is 0 Å². The lowest BCUT2D eigenvalue weighted by Crippen LogP contribution is -2.60. The first-order valence-corrected chi connectivity index (χ1v) is 8.71. The first kappa shape index (κ1) is 25.8. The Labute approximate surface area is 179 Å². The summed E-state index contributed by atoms with van der Waals surface area (Å²) in [5, 5.41) is 9.11. The number of nitrogens with zero attached hydrogens (tertiary/aromatic N) is 1. The second-order valence-corrected chi connectivity index (χ2v) is 7.12. The fourth-order valence-corrected chi connectivity index (χ4v) is 3.48. The molecule has 0 heterocycles. The molecule has 0 radical (unpaired) electrons. The standard InChI is InChI=1S/C18H6BrF12N/c19-12-6-9(15(21,22)23)5-11(13(12)10-4-2-1-3-8(10)7-32)14(20,17(26,27)28)16(24,25)18(29,30)31/h1-6H. The van der Waals surface area contributed by atoms with Gasteiger partial charge in [-0.2, -0.15) is 53.6 Å². The van der Waals surface area contributed by atoms with Gasteiger partial charge in [0, 0.05) is 21.2 Å². The number of benzene rings is 2. The summed E-state index contributed by atoms with van der Waals surface area (Å²) in [6.45, 7) is 0. The zero-order chi connectivity index (χ0) is 24.9. The lowest BCUT2D eigenvalue weighted by Gasteiger charge is -2.37. The Morgan fingerprint density at radius 2 is 1.28 bits per heavy atom. The number of hydrogen-bond donors (Lipinski definition) is 0. The molecule has 0 amide bonds. The molecule has 1 atom stereocenters. The molecule has 14 heteroatoms. The smallest absolute Gasteiger partial charge is 0.221 e. The van der Waals surface area contributed by atoms with Gasteiger partial charge in [0.15, 0.2) is 0 Å². The minimum atomic E-state index is -7.21. The van der Waals surface area contributed by atoms with Crippen LogP contribution in [0.4, 0.5) is 52.7 Å². The summed E-state index contributed by atoms with van der Waals surface area (Å²) in [6.07, 6.45) is -19.7. The van der Waals surface area contributed by atoms with Crippen LogP contribution in [-0.4, -0.2) is 18.3 Å². The second kappa shape index (κ2) is 7.86. The number of rotatable bonds is 3. The van der Waals surface area contributed by atoms with Crippen molar-refractivity contribution in [2.75, 3.05) is 0 Å². The molecule has 1 nitrogen and oxygen atoms in total. The molecule has 174 valence electrons. The molecule has 0 spiro atoms. The van der Waals surface area contributed by atoms with Crippen molar-refractivity contribution in [3.8, 4) is 17.2 Å². The van der Waals surface area contributed by atoms with E-state index in [1.165, 1.54) is 6.07 Å². The van der Waals surface area contributed by atoms with E-state index in [2.05, 4.69) is 15.9 Å². The summed E-state index contributed by atoms with van der Waals surface area (Å²) in [5.41, 5.74) is -14.3. The SMILES string of the molecule is N#Cc1ccccc1-c1c(Br)cc(C(F)(F)F)cc1C(F)(C(F)(F)F)C(F)(F)C(F)(F)F. The van der Waals surface area contributed by atoms with Crippen LogP contribution in [0.25, 0.3) is 11.1 Å². The molecule has 0 aliphatic carbocycles. The van der Waals surface area contributed by atoms with E-state index in [0.29, 0.717) is 0 Å². The monoisotopic (exact) mass is 543 g/mol. The summed E-state index contributed by atoms with van der Waals surface area (Å²) in [4.78, 5) is 0. The van der Waals surface area contributed by atoms with Crippen LogP contribution >= 0.6 is 15.9 Å². The quantitative estimate of drug-likeness (QED) is 0.360. The number of alkyl halides is 12. The Hall–Kier alpha value is -2.43. The van der Waals surface area contributed by atoms with Crippen LogP contribution in [0, 0.1) is 11.3 Å². The molecule has 0 saturated carbocycles. The third-order valence-electron chi connectivity index (χ3n) is 4.28. The molecule has 1 unspecified atom stereocenters. The van der Waals surface area contributed by atoms with Gasteiger partial charge in [0.25, 0.3) is 0 Å². The Morgan fingerprint density at radius 1 is 0.750 bits per heavy atom. The van der Waals surface area contributed by atoms with Crippen LogP contribution in [0.2, 0.25) is 0 Å². The van der Waals surface area contributed by atoms with Crippen LogP contribution in [0.1, 0.15) is 16.7 Å². The maximum atomic E-state index is 15.2. The minimum absolute atomic E-state index is 0.0650. The van der Waals surface area contributed by atoms with E-state index < -0.39 is 68.5 Å². The van der Waals surface area contributed by atoms with Crippen LogP contribution < -0.4 is 0 Å². The van der Waals surface area contributed by atoms with Crippen LogP contribution in [-0.2, 0) is 11.8 Å². The van der Waals surface area contributed by atoms with E-state index in [1.54, 1.807) is 0 Å². The summed E-state index contributed by atoms with van der Waals surface area (Å²) in [6, 6.07) is 4.44. The van der Waals surface area contributed by atoms with Gasteiger partial charge in [0.1, 0.15) is 0 Å². The zero-order valence-electron chi connectivity index (χ0n) is 14.8. The van der Waals surface area contributed by atoms with Crippen LogP contribution in [0.15, 0.2) is 40.9 Å². The topological polar surface area (TPSA) is 23.8 Å². The molecular weight excluding hydrogens is 538 g/mol. The zero-order valence-corrected chi connectivity index (χ0v) is 16.4. The molecule has 0 aliphatic rings. The van der Waals surface area contributed by atoms with Crippen molar-refractivity contribution in [3.05, 3.63) is 57.6 Å². The van der Waals surface area contributed by atoms with Crippen molar-refractivity contribution in [1.29, 1.82) is 5.26 Å². The van der Waals surface area contributed by atoms with Crippen molar-refractivity contribution < 1.29 is 52.7 Å². The molecule has 32 heavy (non-hydrogen) atoms. The summed E-state index contributed by atoms with van der Waals surface area (Å²) in [7, 11) is 0. The maximum absolute atomic E-state index is 15.2. The largest absolute Gasteiger partial charge is 0.457 e. The lowest BCUT2D eigenvalue weighted by atomic mass is 9.81. The molecule has 0 saturated heterocycles. The Morgan fingerprint density at radius 3 is 1.72 bits per heavy atom. The fourth-order valence-electron chi connectivity index (χ4n) is 2.81. The van der Waals surface area contributed by atoms with Crippen molar-refractivity contribution >= 4 is 15.9 Å². The summed E-state index contributed by atoms with van der Waals surface area (Å²) < 4.78 is 161. The van der Waals surface area contributed by atoms with E-state index in [-0.39, 0.29) is 6.07 Å². The number of halogens is 13. The van der Waals surface area contributed by atoms with Crippen LogP contribution in [0.5, 0.6) is 0 Å². The van der Waals surface area contributed by atoms with Crippen molar-refractivity contribution in [1.82, 2.24) is 0 Å². The average Bonchev–Trinajstić information content (AvgIpc) is 2.64. The molecular formula is C18H6BrF12N. The maximum Gasteiger partial charge on any atom is 0.457 e. The van der Waals surface area contributed by atoms with E-state index >= 15 is 4.39 Å². The first-order valence-electron chi connectivity index (χ1n) is 7.91. The lowest BCUT2D eigenvalue weighted by molar-refractivity contribution is -0.389. The number of nitriles is 1. The van der Waals surface area contributed by atoms with E-state index in [0.717, 1.165) is 24.3 Å². The Bertz CT molecular complexity index is 1060. The molecule has 0 aliphatic heterocycles. The van der Waals surface area contributed by atoms with Gasteiger partial charge in [-0.05, 0) is 18.2 Å². The van der Waals surface area contributed by atoms with E-state index in [9.17, 15) is 48.3 Å². The third-order valence-corrected chi connectivity index (χ3v) is 4.91. The van der Waals surface area contributed by atoms with Crippen molar-refractivity contribution in [2.24, 2.45) is 0 Å². The van der Waals surface area contributed by atoms with E-state index in [4.69, 9.17) is 5.26 Å². The number of hydrogen-bond acceptors (Lipinski definition) is 1. The summed E-state index contributed by atoms with van der Waals surface area (Å²) >= 11 is 2.40. The van der Waals surface area contributed by atoms with Gasteiger partial charge in [-0.15, -0.1) is 0 Å². The molecule has 2 aromatic rings. The molecule has 0 N–H and O–H groups in total. The van der Waals surface area contributed by atoms with Crippen LogP contribution in [0.3, 0.4) is 0 Å². The molecule has 2 aromatic carbocycles. The van der Waals surface area contributed by atoms with Gasteiger partial charge in [0.05, 0.1) is 17.2 Å². The van der Waals surface area contributed by atoms with Gasteiger partial charge >= 0.3 is 30.1 Å². The van der Waals surface area contributed by atoms with Gasteiger partial charge in [-0.3, -0.25) is 0 Å². The molecule has 0 fully saturated rings. The fraction of sp³-hybridized carbons (Fsp3) is 0.278. The normalized spacial score (nSPS) is 15.2. The highest BCUT2D eigenvalue weighted by molar-refractivity contribution is 9.10. The summed E-state index contributed by atoms with van der Waals surface area (Å²) in [5.74, 6) is -7.21. The average molecular weight is 544 g/mol. The second-order valence-electron chi connectivity index (χ2n) is 6.26. The van der Waals surface area contributed by atoms with Gasteiger partial charge in [-0.25, -0.2) is 4.39 Å². The predicted molar refractivity (Wildman–Crippen MR) is 89.1 cm³/mol. The Kier molecular flexibility index (Phi) is 6.34. The highest BCUT2D eigenvalue weighted by atomic mass is 79.9. The predicted octanol–water partition coefficient (Wildman–Crippen LogP) is 7.93. The minimum Gasteiger partial charge on any atom is -0.221 e. The molecule has 0 bridgehead atoms. The van der Waals surface area contributed by atoms with Gasteiger partial charge in [-0.1, -0.05) is 34.1 Å². The Balaban J connectivity index is 3.18. The van der Waals surface area contributed by atoms with Gasteiger partial charge in [0.2, 0.25) is 0 Å². The van der Waals surface area contributed by atoms with E-state index in [1.807, 2.05) is 0 Å². The highest BCUT2D eigenvalue weighted by Crippen LogP contribution is 2.61.